The summed E-state index contributed by atoms with van der Waals surface area (Å²) in [5.74, 6) is 0.0654. The predicted molar refractivity (Wildman–Crippen MR) is 69.0 cm³/mol. The smallest absolute Gasteiger partial charge is 0.222 e. The van der Waals surface area contributed by atoms with Gasteiger partial charge in [0.25, 0.3) is 0 Å². The van der Waals surface area contributed by atoms with E-state index in [1.54, 1.807) is 0 Å². The Morgan fingerprint density at radius 1 is 1.44 bits per heavy atom. The number of rotatable bonds is 3. The average molecular weight is 243 g/mol. The van der Waals surface area contributed by atoms with Crippen molar-refractivity contribution in [2.45, 2.75) is 69.9 Å². The summed E-state index contributed by atoms with van der Waals surface area (Å²) >= 11 is 0. The highest BCUT2D eigenvalue weighted by Crippen LogP contribution is 2.46. The van der Waals surface area contributed by atoms with Crippen molar-refractivity contribution in [1.82, 2.24) is 5.32 Å². The summed E-state index contributed by atoms with van der Waals surface area (Å²) in [6, 6.07) is -0.0362. The Morgan fingerprint density at radius 2 is 1.88 bits per heavy atom. The van der Waals surface area contributed by atoms with Crippen molar-refractivity contribution in [2.75, 3.05) is 0 Å². The predicted octanol–water partition coefficient (Wildman–Crippen LogP) is 2.06. The summed E-state index contributed by atoms with van der Waals surface area (Å²) in [5, 5.41) is 13.3. The molecular formula is C12H25NO2Si. The third kappa shape index (κ3) is 1.82. The molecule has 1 aliphatic rings. The molecule has 2 atom stereocenters. The molecule has 1 heterocycles. The number of aliphatic hydroxyl groups is 1. The molecule has 0 aromatic heterocycles. The number of hydrogen-bond acceptors (Lipinski definition) is 2. The molecule has 0 aliphatic carbocycles. The van der Waals surface area contributed by atoms with Gasteiger partial charge in [0.15, 0.2) is 0 Å². The summed E-state index contributed by atoms with van der Waals surface area (Å²) in [5.41, 5.74) is 0. The second-order valence-electron chi connectivity index (χ2n) is 6.48. The molecule has 0 saturated carbocycles. The van der Waals surface area contributed by atoms with Gasteiger partial charge in [0.2, 0.25) is 5.91 Å². The van der Waals surface area contributed by atoms with Crippen molar-refractivity contribution < 1.29 is 9.90 Å². The largest absolute Gasteiger partial charge is 0.391 e. The SMILES string of the molecule is CCC(O)(C1CC(=O)N1)[Si](C)(C)C(C)(C)C. The van der Waals surface area contributed by atoms with E-state index in [9.17, 15) is 9.90 Å². The van der Waals surface area contributed by atoms with E-state index in [-0.39, 0.29) is 17.0 Å². The monoisotopic (exact) mass is 243 g/mol. The first-order chi connectivity index (χ1) is 7.06. The number of amides is 1. The summed E-state index contributed by atoms with van der Waals surface area (Å²) in [6.45, 7) is 13.0. The maximum Gasteiger partial charge on any atom is 0.222 e. The second kappa shape index (κ2) is 3.84. The number of nitrogens with one attached hydrogen (secondary N) is 1. The maximum absolute atomic E-state index is 11.0. The molecule has 94 valence electrons. The third-order valence-electron chi connectivity index (χ3n) is 4.80. The fourth-order valence-corrected chi connectivity index (χ4v) is 5.65. The Morgan fingerprint density at radius 3 is 2.12 bits per heavy atom. The van der Waals surface area contributed by atoms with E-state index in [4.69, 9.17) is 0 Å². The molecule has 1 saturated heterocycles. The molecule has 3 nitrogen and oxygen atoms in total. The molecular weight excluding hydrogens is 218 g/mol. The van der Waals surface area contributed by atoms with Crippen molar-refractivity contribution in [2.24, 2.45) is 0 Å². The first kappa shape index (κ1) is 13.7. The quantitative estimate of drug-likeness (QED) is 0.589. The Bertz CT molecular complexity index is 288. The Kier molecular flexibility index (Phi) is 3.29. The van der Waals surface area contributed by atoms with Gasteiger partial charge in [0.1, 0.15) is 0 Å². The summed E-state index contributed by atoms with van der Waals surface area (Å²) < 4.78 is 0. The topological polar surface area (TPSA) is 49.3 Å². The van der Waals surface area contributed by atoms with Crippen LogP contribution in [-0.2, 0) is 4.79 Å². The maximum atomic E-state index is 11.0. The molecule has 0 bridgehead atoms. The minimum absolute atomic E-state index is 0.0362. The van der Waals surface area contributed by atoms with Crippen LogP contribution in [-0.4, -0.2) is 30.4 Å². The first-order valence-corrected chi connectivity index (χ1v) is 9.08. The van der Waals surface area contributed by atoms with Crippen molar-refractivity contribution >= 4 is 14.0 Å². The van der Waals surface area contributed by atoms with Gasteiger partial charge in [-0.15, -0.1) is 0 Å². The van der Waals surface area contributed by atoms with Gasteiger partial charge in [0.05, 0.1) is 19.3 Å². The van der Waals surface area contributed by atoms with Crippen LogP contribution in [0.2, 0.25) is 18.1 Å². The minimum Gasteiger partial charge on any atom is -0.391 e. The van der Waals surface area contributed by atoms with Gasteiger partial charge in [-0.25, -0.2) is 0 Å². The molecule has 0 radical (unpaired) electrons. The summed E-state index contributed by atoms with van der Waals surface area (Å²) in [4.78, 5) is 11.0. The zero-order valence-corrected chi connectivity index (χ0v) is 12.3. The lowest BCUT2D eigenvalue weighted by atomic mass is 9.97. The van der Waals surface area contributed by atoms with E-state index in [1.165, 1.54) is 0 Å². The molecule has 1 fully saturated rings. The van der Waals surface area contributed by atoms with E-state index in [2.05, 4.69) is 39.2 Å². The van der Waals surface area contributed by atoms with Crippen LogP contribution in [0, 0.1) is 0 Å². The normalized spacial score (nSPS) is 25.7. The van der Waals surface area contributed by atoms with E-state index in [1.807, 2.05) is 6.92 Å². The molecule has 4 heteroatoms. The zero-order valence-electron chi connectivity index (χ0n) is 11.3. The van der Waals surface area contributed by atoms with Gasteiger partial charge in [-0.3, -0.25) is 4.79 Å². The highest BCUT2D eigenvalue weighted by atomic mass is 28.3. The lowest BCUT2D eigenvalue weighted by Crippen LogP contribution is -2.73. The van der Waals surface area contributed by atoms with Crippen LogP contribution in [0.15, 0.2) is 0 Å². The van der Waals surface area contributed by atoms with Crippen molar-refractivity contribution in [3.8, 4) is 0 Å². The minimum atomic E-state index is -1.88. The second-order valence-corrected chi connectivity index (χ2v) is 12.1. The van der Waals surface area contributed by atoms with Crippen LogP contribution in [0.4, 0.5) is 0 Å². The Hall–Kier alpha value is -0.353. The molecule has 2 N–H and O–H groups in total. The lowest BCUT2D eigenvalue weighted by molar-refractivity contribution is -0.132. The van der Waals surface area contributed by atoms with Gasteiger partial charge in [-0.05, 0) is 11.5 Å². The van der Waals surface area contributed by atoms with Crippen LogP contribution in [0.3, 0.4) is 0 Å². The van der Waals surface area contributed by atoms with Crippen molar-refractivity contribution in [1.29, 1.82) is 0 Å². The van der Waals surface area contributed by atoms with E-state index in [0.29, 0.717) is 12.8 Å². The third-order valence-corrected chi connectivity index (χ3v) is 11.4. The van der Waals surface area contributed by atoms with Gasteiger partial charge < -0.3 is 10.4 Å². The summed E-state index contributed by atoms with van der Waals surface area (Å²) in [7, 11) is -1.88. The average Bonchev–Trinajstić information content (AvgIpc) is 2.09. The van der Waals surface area contributed by atoms with Gasteiger partial charge in [-0.1, -0.05) is 40.8 Å². The lowest BCUT2D eigenvalue weighted by Gasteiger charge is -2.54. The molecule has 1 aliphatic heterocycles. The molecule has 2 unspecified atom stereocenters. The van der Waals surface area contributed by atoms with Gasteiger partial charge in [-0.2, -0.15) is 0 Å². The standard InChI is InChI=1S/C12H25NO2Si/c1-7-12(15,9-8-10(14)13-9)16(5,6)11(2,3)4/h9,15H,7-8H2,1-6H3,(H,13,14). The van der Waals surface area contributed by atoms with Crippen LogP contribution < -0.4 is 5.32 Å². The fourth-order valence-electron chi connectivity index (χ4n) is 2.42. The molecule has 0 spiro atoms. The van der Waals surface area contributed by atoms with Crippen LogP contribution in [0.5, 0.6) is 0 Å². The van der Waals surface area contributed by atoms with E-state index < -0.39 is 13.3 Å². The van der Waals surface area contributed by atoms with Crippen LogP contribution >= 0.6 is 0 Å². The molecule has 16 heavy (non-hydrogen) atoms. The van der Waals surface area contributed by atoms with Gasteiger partial charge >= 0.3 is 0 Å². The highest BCUT2D eigenvalue weighted by molar-refractivity contribution is 6.83. The number of carbonyl (C=O) groups is 1. The number of hydrogen-bond donors (Lipinski definition) is 2. The number of carbonyl (C=O) groups excluding carboxylic acids is 1. The molecule has 0 aromatic rings. The Labute approximate surface area is 99.6 Å². The molecule has 1 rings (SSSR count). The van der Waals surface area contributed by atoms with Crippen LogP contribution in [0.25, 0.3) is 0 Å². The zero-order chi connectivity index (χ0) is 12.8. The van der Waals surface area contributed by atoms with Crippen LogP contribution in [0.1, 0.15) is 40.5 Å². The van der Waals surface area contributed by atoms with Gasteiger partial charge in [0, 0.05) is 6.42 Å². The fraction of sp³-hybridized carbons (Fsp3) is 0.917. The molecule has 0 aromatic carbocycles. The Balaban J connectivity index is 3.00. The van der Waals surface area contributed by atoms with E-state index in [0.717, 1.165) is 0 Å². The van der Waals surface area contributed by atoms with Crippen molar-refractivity contribution in [3.63, 3.8) is 0 Å². The molecule has 1 amide bonds. The number of β-lactam (4-membered cyclic amide) rings is 1. The van der Waals surface area contributed by atoms with E-state index >= 15 is 0 Å². The van der Waals surface area contributed by atoms with Crippen molar-refractivity contribution in [3.05, 3.63) is 0 Å². The first-order valence-electron chi connectivity index (χ1n) is 6.08. The summed E-state index contributed by atoms with van der Waals surface area (Å²) in [6.07, 6.45) is 1.20. The highest BCUT2D eigenvalue weighted by Gasteiger charge is 2.57.